The van der Waals surface area contributed by atoms with E-state index in [-0.39, 0.29) is 5.91 Å². The van der Waals surface area contributed by atoms with Crippen LogP contribution in [0.1, 0.15) is 45.4 Å². The molecule has 4 heteroatoms. The number of carbonyl (C=O) groups is 1. The summed E-state index contributed by atoms with van der Waals surface area (Å²) in [6.45, 7) is 5.34. The topological polar surface area (TPSA) is 50.4 Å². The average Bonchev–Trinajstić information content (AvgIpc) is 2.42. The first-order valence-electron chi connectivity index (χ1n) is 7.83. The van der Waals surface area contributed by atoms with Crippen molar-refractivity contribution < 1.29 is 9.53 Å². The normalized spacial score (nSPS) is 29.1. The molecule has 19 heavy (non-hydrogen) atoms. The van der Waals surface area contributed by atoms with Gasteiger partial charge < -0.3 is 15.4 Å². The molecule has 0 aromatic heterocycles. The summed E-state index contributed by atoms with van der Waals surface area (Å²) in [5, 5.41) is 6.42. The first-order valence-corrected chi connectivity index (χ1v) is 7.83. The monoisotopic (exact) mass is 268 g/mol. The molecular formula is C15H28N2O2. The lowest BCUT2D eigenvalue weighted by molar-refractivity contribution is -0.121. The van der Waals surface area contributed by atoms with Gasteiger partial charge in [0.2, 0.25) is 5.91 Å². The fourth-order valence-electron chi connectivity index (χ4n) is 3.19. The molecule has 2 atom stereocenters. The second kappa shape index (κ2) is 7.85. The highest BCUT2D eigenvalue weighted by atomic mass is 16.5. The predicted molar refractivity (Wildman–Crippen MR) is 76.0 cm³/mol. The molecule has 1 heterocycles. The minimum absolute atomic E-state index is 0.135. The van der Waals surface area contributed by atoms with Gasteiger partial charge in [0, 0.05) is 19.3 Å². The maximum absolute atomic E-state index is 11.8. The van der Waals surface area contributed by atoms with E-state index in [0.29, 0.717) is 12.6 Å². The number of hydrogen-bond acceptors (Lipinski definition) is 3. The minimum atomic E-state index is 0.135. The van der Waals surface area contributed by atoms with Gasteiger partial charge in [-0.25, -0.2) is 0 Å². The van der Waals surface area contributed by atoms with Crippen LogP contribution in [0.3, 0.4) is 0 Å². The van der Waals surface area contributed by atoms with Crippen LogP contribution in [0, 0.1) is 11.8 Å². The molecule has 2 N–H and O–H groups in total. The van der Waals surface area contributed by atoms with Crippen molar-refractivity contribution >= 4 is 5.91 Å². The minimum Gasteiger partial charge on any atom is -0.381 e. The molecule has 0 aromatic carbocycles. The zero-order valence-corrected chi connectivity index (χ0v) is 12.1. The Morgan fingerprint density at radius 2 is 1.89 bits per heavy atom. The Balaban J connectivity index is 1.58. The van der Waals surface area contributed by atoms with Gasteiger partial charge in [-0.1, -0.05) is 26.2 Å². The maximum Gasteiger partial charge on any atom is 0.234 e. The van der Waals surface area contributed by atoms with Crippen LogP contribution in [-0.4, -0.2) is 38.3 Å². The largest absolute Gasteiger partial charge is 0.381 e. The zero-order valence-electron chi connectivity index (χ0n) is 12.1. The Morgan fingerprint density at radius 3 is 2.63 bits per heavy atom. The van der Waals surface area contributed by atoms with E-state index >= 15 is 0 Å². The zero-order chi connectivity index (χ0) is 13.5. The third kappa shape index (κ3) is 5.11. The van der Waals surface area contributed by atoms with Gasteiger partial charge in [-0.2, -0.15) is 0 Å². The average molecular weight is 268 g/mol. The van der Waals surface area contributed by atoms with Gasteiger partial charge in [0.1, 0.15) is 0 Å². The van der Waals surface area contributed by atoms with Crippen molar-refractivity contribution in [1.29, 1.82) is 0 Å². The van der Waals surface area contributed by atoms with E-state index in [1.54, 1.807) is 0 Å². The standard InChI is InChI=1S/C15H28N2O2/c1-12-4-2-3-5-13(12)10-16-11-15(18)17-14-6-8-19-9-7-14/h12-14,16H,2-11H2,1H3,(H,17,18). The Labute approximate surface area is 116 Å². The van der Waals surface area contributed by atoms with Gasteiger partial charge in [0.05, 0.1) is 6.54 Å². The van der Waals surface area contributed by atoms with Gasteiger partial charge >= 0.3 is 0 Å². The Kier molecular flexibility index (Phi) is 6.11. The summed E-state index contributed by atoms with van der Waals surface area (Å²) >= 11 is 0. The van der Waals surface area contributed by atoms with Crippen molar-refractivity contribution in [1.82, 2.24) is 10.6 Å². The summed E-state index contributed by atoms with van der Waals surface area (Å²) in [5.41, 5.74) is 0. The van der Waals surface area contributed by atoms with Gasteiger partial charge in [-0.15, -0.1) is 0 Å². The highest BCUT2D eigenvalue weighted by Crippen LogP contribution is 2.28. The van der Waals surface area contributed by atoms with Crippen LogP contribution >= 0.6 is 0 Å². The van der Waals surface area contributed by atoms with Gasteiger partial charge in [0.25, 0.3) is 0 Å². The third-order valence-corrected chi connectivity index (χ3v) is 4.57. The molecule has 0 radical (unpaired) electrons. The van der Waals surface area contributed by atoms with Gasteiger partial charge in [0.15, 0.2) is 0 Å². The molecule has 1 aliphatic heterocycles. The second-order valence-electron chi connectivity index (χ2n) is 6.11. The second-order valence-corrected chi connectivity index (χ2v) is 6.11. The fraction of sp³-hybridized carbons (Fsp3) is 0.933. The highest BCUT2D eigenvalue weighted by molar-refractivity contribution is 5.78. The number of hydrogen-bond donors (Lipinski definition) is 2. The van der Waals surface area contributed by atoms with Crippen LogP contribution in [-0.2, 0) is 9.53 Å². The van der Waals surface area contributed by atoms with Gasteiger partial charge in [-0.3, -0.25) is 4.79 Å². The maximum atomic E-state index is 11.8. The van der Waals surface area contributed by atoms with E-state index < -0.39 is 0 Å². The van der Waals surface area contributed by atoms with Crippen LogP contribution in [0.4, 0.5) is 0 Å². The lowest BCUT2D eigenvalue weighted by atomic mass is 9.80. The summed E-state index contributed by atoms with van der Waals surface area (Å²) in [4.78, 5) is 11.8. The molecule has 1 aliphatic carbocycles. The van der Waals surface area contributed by atoms with E-state index in [1.807, 2.05) is 0 Å². The molecule has 2 fully saturated rings. The molecule has 1 saturated carbocycles. The van der Waals surface area contributed by atoms with Crippen molar-refractivity contribution in [3.8, 4) is 0 Å². The van der Waals surface area contributed by atoms with Crippen LogP contribution in [0.2, 0.25) is 0 Å². The van der Waals surface area contributed by atoms with Crippen molar-refractivity contribution in [3.63, 3.8) is 0 Å². The molecule has 4 nitrogen and oxygen atoms in total. The Morgan fingerprint density at radius 1 is 1.16 bits per heavy atom. The fourth-order valence-corrected chi connectivity index (χ4v) is 3.19. The number of amides is 1. The third-order valence-electron chi connectivity index (χ3n) is 4.57. The number of ether oxygens (including phenoxy) is 1. The Bertz CT molecular complexity index is 277. The summed E-state index contributed by atoms with van der Waals surface area (Å²) < 4.78 is 5.29. The van der Waals surface area contributed by atoms with Crippen LogP contribution in [0.25, 0.3) is 0 Å². The molecule has 0 spiro atoms. The molecule has 1 saturated heterocycles. The molecular weight excluding hydrogens is 240 g/mol. The quantitative estimate of drug-likeness (QED) is 0.798. The van der Waals surface area contributed by atoms with E-state index in [9.17, 15) is 4.79 Å². The SMILES string of the molecule is CC1CCCCC1CNCC(=O)NC1CCOCC1. The van der Waals surface area contributed by atoms with E-state index in [2.05, 4.69) is 17.6 Å². The molecule has 0 bridgehead atoms. The molecule has 1 amide bonds. The van der Waals surface area contributed by atoms with Gasteiger partial charge in [-0.05, 0) is 37.6 Å². The van der Waals surface area contributed by atoms with Crippen molar-refractivity contribution in [3.05, 3.63) is 0 Å². The number of carbonyl (C=O) groups excluding carboxylic acids is 1. The van der Waals surface area contributed by atoms with Crippen LogP contribution < -0.4 is 10.6 Å². The van der Waals surface area contributed by atoms with Crippen LogP contribution in [0.15, 0.2) is 0 Å². The Hall–Kier alpha value is -0.610. The number of nitrogens with one attached hydrogen (secondary N) is 2. The molecule has 0 aromatic rings. The first-order chi connectivity index (χ1) is 9.25. The smallest absolute Gasteiger partial charge is 0.234 e. The van der Waals surface area contributed by atoms with E-state index in [0.717, 1.165) is 44.4 Å². The lowest BCUT2D eigenvalue weighted by Gasteiger charge is -2.29. The summed E-state index contributed by atoms with van der Waals surface area (Å²) in [6, 6.07) is 0.316. The molecule has 2 unspecified atom stereocenters. The highest BCUT2D eigenvalue weighted by Gasteiger charge is 2.21. The number of rotatable bonds is 5. The summed E-state index contributed by atoms with van der Waals surface area (Å²) in [5.74, 6) is 1.69. The van der Waals surface area contributed by atoms with Crippen LogP contribution in [0.5, 0.6) is 0 Å². The first kappa shape index (κ1) is 14.8. The van der Waals surface area contributed by atoms with E-state index in [1.165, 1.54) is 25.7 Å². The van der Waals surface area contributed by atoms with Crippen molar-refractivity contribution in [2.75, 3.05) is 26.3 Å². The molecule has 2 rings (SSSR count). The lowest BCUT2D eigenvalue weighted by Crippen LogP contribution is -2.44. The summed E-state index contributed by atoms with van der Waals surface area (Å²) in [6.07, 6.45) is 7.29. The molecule has 110 valence electrons. The van der Waals surface area contributed by atoms with Crippen molar-refractivity contribution in [2.45, 2.75) is 51.5 Å². The molecule has 2 aliphatic rings. The summed E-state index contributed by atoms with van der Waals surface area (Å²) in [7, 11) is 0. The predicted octanol–water partition coefficient (Wildman–Crippen LogP) is 1.70. The van der Waals surface area contributed by atoms with E-state index in [4.69, 9.17) is 4.74 Å². The van der Waals surface area contributed by atoms with Crippen molar-refractivity contribution in [2.24, 2.45) is 11.8 Å².